The summed E-state index contributed by atoms with van der Waals surface area (Å²) in [4.78, 5) is 0.378. The largest absolute Gasteiger partial charge is 0.243 e. The van der Waals surface area contributed by atoms with E-state index >= 15 is 0 Å². The van der Waals surface area contributed by atoms with E-state index in [1.54, 1.807) is 16.4 Å². The predicted molar refractivity (Wildman–Crippen MR) is 104 cm³/mol. The second-order valence-corrected chi connectivity index (χ2v) is 9.08. The van der Waals surface area contributed by atoms with E-state index in [0.29, 0.717) is 23.9 Å². The molecule has 0 amide bonds. The first-order chi connectivity index (χ1) is 12.5. The molecule has 134 valence electrons. The summed E-state index contributed by atoms with van der Waals surface area (Å²) < 4.78 is 27.6. The summed E-state index contributed by atoms with van der Waals surface area (Å²) in [6.45, 7) is 2.97. The van der Waals surface area contributed by atoms with Gasteiger partial charge in [0.25, 0.3) is 0 Å². The molecule has 0 unspecified atom stereocenters. The van der Waals surface area contributed by atoms with E-state index in [1.807, 2.05) is 25.1 Å². The third-order valence-corrected chi connectivity index (χ3v) is 7.12. The Morgan fingerprint density at radius 3 is 2.42 bits per heavy atom. The molecule has 1 aliphatic carbocycles. The van der Waals surface area contributed by atoms with Crippen molar-refractivity contribution in [3.8, 4) is 0 Å². The number of nitrogens with zero attached hydrogens (tertiary/aromatic N) is 1. The molecule has 1 heterocycles. The van der Waals surface area contributed by atoms with Crippen LogP contribution in [0.15, 0.2) is 83.3 Å². The quantitative estimate of drug-likeness (QED) is 0.761. The molecule has 0 aromatic heterocycles. The standard InChI is InChI=1S/C22H23NO2S/c1-17-10-12-22(13-11-17)26(24,25)23-15-20-9-5-8-19(14-21(20)16-23)18-6-3-2-4-7-18/h2-7,9-14,19-20H,8,15-16H2,1H3/t19-,20+/m1/s1. The van der Waals surface area contributed by atoms with Crippen LogP contribution in [0.3, 0.4) is 0 Å². The van der Waals surface area contributed by atoms with Crippen molar-refractivity contribution >= 4 is 10.0 Å². The van der Waals surface area contributed by atoms with Crippen LogP contribution in [0, 0.1) is 12.8 Å². The molecular weight excluding hydrogens is 342 g/mol. The van der Waals surface area contributed by atoms with Crippen molar-refractivity contribution < 1.29 is 8.42 Å². The number of sulfonamides is 1. The van der Waals surface area contributed by atoms with Crippen molar-refractivity contribution in [2.75, 3.05) is 13.1 Å². The van der Waals surface area contributed by atoms with E-state index in [-0.39, 0.29) is 5.92 Å². The lowest BCUT2D eigenvalue weighted by molar-refractivity contribution is 0.471. The topological polar surface area (TPSA) is 37.4 Å². The maximum atomic E-state index is 13.0. The Balaban J connectivity index is 1.61. The highest BCUT2D eigenvalue weighted by Gasteiger charge is 2.35. The van der Waals surface area contributed by atoms with Crippen LogP contribution in [0.2, 0.25) is 0 Å². The highest BCUT2D eigenvalue weighted by atomic mass is 32.2. The van der Waals surface area contributed by atoms with Gasteiger partial charge >= 0.3 is 0 Å². The smallest absolute Gasteiger partial charge is 0.207 e. The Hall–Kier alpha value is -2.17. The minimum atomic E-state index is -3.45. The average Bonchev–Trinajstić information content (AvgIpc) is 2.95. The maximum absolute atomic E-state index is 13.0. The van der Waals surface area contributed by atoms with Crippen molar-refractivity contribution in [2.45, 2.75) is 24.2 Å². The fourth-order valence-electron chi connectivity index (χ4n) is 3.77. The van der Waals surface area contributed by atoms with E-state index in [9.17, 15) is 8.42 Å². The van der Waals surface area contributed by atoms with E-state index in [4.69, 9.17) is 0 Å². The monoisotopic (exact) mass is 365 g/mol. The molecule has 1 aliphatic heterocycles. The third kappa shape index (κ3) is 3.27. The summed E-state index contributed by atoms with van der Waals surface area (Å²) in [6.07, 6.45) is 7.63. The van der Waals surface area contributed by atoms with Gasteiger partial charge in [-0.3, -0.25) is 0 Å². The van der Waals surface area contributed by atoms with Crippen molar-refractivity contribution in [3.05, 3.63) is 89.5 Å². The molecule has 2 aromatic carbocycles. The number of rotatable bonds is 3. The highest BCUT2D eigenvalue weighted by Crippen LogP contribution is 2.35. The van der Waals surface area contributed by atoms with Gasteiger partial charge < -0.3 is 0 Å². The molecule has 2 atom stereocenters. The van der Waals surface area contributed by atoms with E-state index in [1.165, 1.54) is 11.1 Å². The van der Waals surface area contributed by atoms with Crippen molar-refractivity contribution in [1.29, 1.82) is 0 Å². The second kappa shape index (κ2) is 6.86. The number of hydrogen-bond donors (Lipinski definition) is 0. The number of benzene rings is 2. The van der Waals surface area contributed by atoms with Crippen LogP contribution in [0.25, 0.3) is 0 Å². The fourth-order valence-corrected chi connectivity index (χ4v) is 5.23. The van der Waals surface area contributed by atoms with Crippen LogP contribution < -0.4 is 0 Å². The van der Waals surface area contributed by atoms with Crippen LogP contribution in [0.5, 0.6) is 0 Å². The van der Waals surface area contributed by atoms with Gasteiger partial charge in [-0.25, -0.2) is 8.42 Å². The number of fused-ring (bicyclic) bond motifs is 1. The first kappa shape index (κ1) is 17.3. The maximum Gasteiger partial charge on any atom is 0.243 e. The number of hydrogen-bond acceptors (Lipinski definition) is 2. The second-order valence-electron chi connectivity index (χ2n) is 7.14. The lowest BCUT2D eigenvalue weighted by Gasteiger charge is -2.16. The zero-order valence-electron chi connectivity index (χ0n) is 14.9. The van der Waals surface area contributed by atoms with Crippen LogP contribution in [0.1, 0.15) is 23.5 Å². The van der Waals surface area contributed by atoms with Gasteiger partial charge in [-0.05, 0) is 31.0 Å². The first-order valence-electron chi connectivity index (χ1n) is 9.03. The van der Waals surface area contributed by atoms with E-state index in [2.05, 4.69) is 42.5 Å². The molecule has 1 fully saturated rings. The molecule has 1 saturated heterocycles. The van der Waals surface area contributed by atoms with Gasteiger partial charge in [0.1, 0.15) is 0 Å². The molecule has 3 nitrogen and oxygen atoms in total. The fraction of sp³-hybridized carbons (Fsp3) is 0.273. The van der Waals surface area contributed by atoms with Crippen molar-refractivity contribution in [2.24, 2.45) is 5.92 Å². The first-order valence-corrected chi connectivity index (χ1v) is 10.5. The molecule has 0 N–H and O–H groups in total. The van der Waals surface area contributed by atoms with Crippen molar-refractivity contribution in [1.82, 2.24) is 4.31 Å². The lowest BCUT2D eigenvalue weighted by Crippen LogP contribution is -2.28. The molecule has 0 bridgehead atoms. The molecule has 26 heavy (non-hydrogen) atoms. The van der Waals surface area contributed by atoms with Crippen LogP contribution in [-0.2, 0) is 10.0 Å². The predicted octanol–water partition coefficient (Wildman–Crippen LogP) is 4.29. The highest BCUT2D eigenvalue weighted by molar-refractivity contribution is 7.89. The SMILES string of the molecule is Cc1ccc(S(=O)(=O)N2CC3=C[C@H](c4ccccc4)CC=C[C@H]3C2)cc1. The molecule has 0 radical (unpaired) electrons. The summed E-state index contributed by atoms with van der Waals surface area (Å²) in [7, 11) is -3.45. The summed E-state index contributed by atoms with van der Waals surface area (Å²) in [5.41, 5.74) is 3.56. The Morgan fingerprint density at radius 1 is 0.962 bits per heavy atom. The average molecular weight is 365 g/mol. The Kier molecular flexibility index (Phi) is 4.55. The minimum absolute atomic E-state index is 0.184. The summed E-state index contributed by atoms with van der Waals surface area (Å²) in [5.74, 6) is 0.499. The molecule has 2 aromatic rings. The molecular formula is C22H23NO2S. The van der Waals surface area contributed by atoms with Crippen LogP contribution >= 0.6 is 0 Å². The zero-order valence-corrected chi connectivity index (χ0v) is 15.7. The number of allylic oxidation sites excluding steroid dienone is 2. The lowest BCUT2D eigenvalue weighted by atomic mass is 9.93. The Morgan fingerprint density at radius 2 is 1.69 bits per heavy atom. The van der Waals surface area contributed by atoms with Crippen LogP contribution in [-0.4, -0.2) is 25.8 Å². The molecule has 2 aliphatic rings. The van der Waals surface area contributed by atoms with Gasteiger partial charge in [-0.2, -0.15) is 4.31 Å². The van der Waals surface area contributed by atoms with Gasteiger partial charge in [0.15, 0.2) is 0 Å². The van der Waals surface area contributed by atoms with Crippen molar-refractivity contribution in [3.63, 3.8) is 0 Å². The molecule has 0 saturated carbocycles. The summed E-state index contributed by atoms with van der Waals surface area (Å²) in [5, 5.41) is 0. The van der Waals surface area contributed by atoms with Crippen LogP contribution in [0.4, 0.5) is 0 Å². The minimum Gasteiger partial charge on any atom is -0.207 e. The molecule has 0 spiro atoms. The Labute approximate surface area is 155 Å². The molecule has 4 rings (SSSR count). The van der Waals surface area contributed by atoms with Gasteiger partial charge in [0.2, 0.25) is 10.0 Å². The Bertz CT molecular complexity index is 943. The zero-order chi connectivity index (χ0) is 18.1. The van der Waals surface area contributed by atoms with E-state index in [0.717, 1.165) is 12.0 Å². The summed E-state index contributed by atoms with van der Waals surface area (Å²) in [6, 6.07) is 17.5. The van der Waals surface area contributed by atoms with E-state index < -0.39 is 10.0 Å². The number of aryl methyl sites for hydroxylation is 1. The van der Waals surface area contributed by atoms with Gasteiger partial charge in [0, 0.05) is 24.9 Å². The third-order valence-electron chi connectivity index (χ3n) is 5.30. The van der Waals surface area contributed by atoms with Gasteiger partial charge in [-0.1, -0.05) is 71.8 Å². The molecule has 4 heteroatoms. The normalized spacial score (nSPS) is 23.3. The summed E-state index contributed by atoms with van der Waals surface area (Å²) >= 11 is 0. The van der Waals surface area contributed by atoms with Gasteiger partial charge in [0.05, 0.1) is 4.90 Å². The van der Waals surface area contributed by atoms with Gasteiger partial charge in [-0.15, -0.1) is 0 Å².